The van der Waals surface area contributed by atoms with Gasteiger partial charge in [0.15, 0.2) is 22.9 Å². The van der Waals surface area contributed by atoms with E-state index in [1.54, 1.807) is 18.8 Å². The van der Waals surface area contributed by atoms with E-state index in [2.05, 4.69) is 15.0 Å². The molecular formula is C18H15ClN4O3. The fourth-order valence-electron chi connectivity index (χ4n) is 2.82. The van der Waals surface area contributed by atoms with Crippen molar-refractivity contribution in [1.29, 1.82) is 0 Å². The second-order valence-electron chi connectivity index (χ2n) is 5.53. The minimum absolute atomic E-state index is 0.259. The Hall–Kier alpha value is -3.06. The summed E-state index contributed by atoms with van der Waals surface area (Å²) in [5.74, 6) is 3.05. The maximum absolute atomic E-state index is 6.08. The van der Waals surface area contributed by atoms with Crippen molar-refractivity contribution < 1.29 is 13.9 Å². The number of halogens is 1. The molecule has 0 aliphatic heterocycles. The number of imidazole rings is 1. The van der Waals surface area contributed by atoms with Gasteiger partial charge in [0.1, 0.15) is 28.1 Å². The van der Waals surface area contributed by atoms with Crippen molar-refractivity contribution in [2.75, 3.05) is 14.2 Å². The van der Waals surface area contributed by atoms with E-state index in [0.717, 1.165) is 5.76 Å². The van der Waals surface area contributed by atoms with E-state index in [9.17, 15) is 0 Å². The maximum Gasteiger partial charge on any atom is 0.198 e. The van der Waals surface area contributed by atoms with E-state index < -0.39 is 0 Å². The summed E-state index contributed by atoms with van der Waals surface area (Å²) in [5.41, 5.74) is 1.55. The van der Waals surface area contributed by atoms with Crippen molar-refractivity contribution >= 4 is 22.9 Å². The van der Waals surface area contributed by atoms with E-state index in [0.29, 0.717) is 40.1 Å². The van der Waals surface area contributed by atoms with Crippen molar-refractivity contribution in [3.63, 3.8) is 0 Å². The summed E-state index contributed by atoms with van der Waals surface area (Å²) in [6, 6.07) is 9.22. The molecule has 0 saturated carbocycles. The third kappa shape index (κ3) is 2.57. The SMILES string of the molecule is COc1cccc(OC)c1-n1c(-c2ccc(C)o2)nc2ncc(Cl)nc21. The maximum atomic E-state index is 6.08. The first kappa shape index (κ1) is 16.4. The van der Waals surface area contributed by atoms with Crippen LogP contribution in [-0.2, 0) is 0 Å². The summed E-state index contributed by atoms with van der Waals surface area (Å²) in [5, 5.41) is 0.259. The van der Waals surface area contributed by atoms with Crippen LogP contribution in [0.25, 0.3) is 28.6 Å². The van der Waals surface area contributed by atoms with Gasteiger partial charge in [-0.1, -0.05) is 17.7 Å². The van der Waals surface area contributed by atoms with Crippen LogP contribution < -0.4 is 9.47 Å². The Bertz CT molecular complexity index is 1080. The predicted octanol–water partition coefficient (Wildman–Crippen LogP) is 4.05. The summed E-state index contributed by atoms with van der Waals surface area (Å²) in [7, 11) is 3.18. The van der Waals surface area contributed by atoms with Gasteiger partial charge in [-0.05, 0) is 31.2 Å². The molecule has 4 aromatic rings. The van der Waals surface area contributed by atoms with Gasteiger partial charge < -0.3 is 13.9 Å². The standard InChI is InChI=1S/C18H15ClN4O3/c1-10-7-8-13(26-10)17-22-16-18(21-14(19)9-20-16)23(17)15-11(24-2)5-4-6-12(15)25-3/h4-9H,1-3H3. The van der Waals surface area contributed by atoms with Crippen LogP contribution in [0.5, 0.6) is 11.5 Å². The third-order valence-electron chi connectivity index (χ3n) is 3.93. The van der Waals surface area contributed by atoms with Gasteiger partial charge in [-0.15, -0.1) is 0 Å². The number of benzene rings is 1. The lowest BCUT2D eigenvalue weighted by molar-refractivity contribution is 0.391. The quantitative estimate of drug-likeness (QED) is 0.539. The Balaban J connectivity index is 2.13. The zero-order valence-corrected chi connectivity index (χ0v) is 15.1. The Kier molecular flexibility index (Phi) is 4.00. The molecule has 3 aromatic heterocycles. The molecule has 1 aromatic carbocycles. The minimum atomic E-state index is 0.259. The van der Waals surface area contributed by atoms with Gasteiger partial charge in [0.2, 0.25) is 0 Å². The smallest absolute Gasteiger partial charge is 0.198 e. The molecular weight excluding hydrogens is 356 g/mol. The van der Waals surface area contributed by atoms with E-state index in [4.69, 9.17) is 25.5 Å². The van der Waals surface area contributed by atoms with Crippen molar-refractivity contribution in [3.05, 3.63) is 47.4 Å². The second kappa shape index (κ2) is 6.34. The Labute approximate surface area is 154 Å². The van der Waals surface area contributed by atoms with Crippen LogP contribution in [0.4, 0.5) is 0 Å². The largest absolute Gasteiger partial charge is 0.494 e. The van der Waals surface area contributed by atoms with Gasteiger partial charge in [0.05, 0.1) is 20.4 Å². The molecule has 0 bridgehead atoms. The normalized spacial score (nSPS) is 11.1. The molecule has 0 unspecified atom stereocenters. The first-order valence-electron chi connectivity index (χ1n) is 7.81. The summed E-state index contributed by atoms with van der Waals surface area (Å²) in [6.45, 7) is 1.87. The average Bonchev–Trinajstić information content (AvgIpc) is 3.24. The van der Waals surface area contributed by atoms with E-state index in [1.807, 2.05) is 37.3 Å². The van der Waals surface area contributed by atoms with Crippen LogP contribution in [0.15, 0.2) is 40.9 Å². The number of aromatic nitrogens is 4. The lowest BCUT2D eigenvalue weighted by Crippen LogP contribution is -2.04. The molecule has 7 nitrogen and oxygen atoms in total. The highest BCUT2D eigenvalue weighted by atomic mass is 35.5. The van der Waals surface area contributed by atoms with Gasteiger partial charge >= 0.3 is 0 Å². The van der Waals surface area contributed by atoms with Crippen LogP contribution in [0.2, 0.25) is 5.15 Å². The number of furan rings is 1. The van der Waals surface area contributed by atoms with Gasteiger partial charge in [-0.3, -0.25) is 4.57 Å². The third-order valence-corrected chi connectivity index (χ3v) is 4.11. The molecule has 0 amide bonds. The highest BCUT2D eigenvalue weighted by Crippen LogP contribution is 2.38. The minimum Gasteiger partial charge on any atom is -0.494 e. The van der Waals surface area contributed by atoms with Crippen LogP contribution in [-0.4, -0.2) is 33.7 Å². The van der Waals surface area contributed by atoms with E-state index >= 15 is 0 Å². The van der Waals surface area contributed by atoms with Gasteiger partial charge in [-0.25, -0.2) is 15.0 Å². The number of para-hydroxylation sites is 1. The van der Waals surface area contributed by atoms with Crippen LogP contribution in [0.1, 0.15) is 5.76 Å². The topological polar surface area (TPSA) is 75.2 Å². The van der Waals surface area contributed by atoms with E-state index in [1.165, 1.54) is 6.20 Å². The molecule has 0 atom stereocenters. The molecule has 0 aliphatic carbocycles. The van der Waals surface area contributed by atoms with Gasteiger partial charge in [0, 0.05) is 0 Å². The number of hydrogen-bond acceptors (Lipinski definition) is 6. The lowest BCUT2D eigenvalue weighted by Gasteiger charge is -2.15. The fourth-order valence-corrected chi connectivity index (χ4v) is 2.94. The molecule has 26 heavy (non-hydrogen) atoms. The number of aryl methyl sites for hydroxylation is 1. The number of nitrogens with zero attached hydrogens (tertiary/aromatic N) is 4. The molecule has 0 saturated heterocycles. The second-order valence-corrected chi connectivity index (χ2v) is 5.92. The van der Waals surface area contributed by atoms with Crippen molar-refractivity contribution in [2.45, 2.75) is 6.92 Å². The zero-order valence-electron chi connectivity index (χ0n) is 14.4. The van der Waals surface area contributed by atoms with E-state index in [-0.39, 0.29) is 5.15 Å². The van der Waals surface area contributed by atoms with Crippen molar-refractivity contribution in [2.24, 2.45) is 0 Å². The van der Waals surface area contributed by atoms with Gasteiger partial charge in [-0.2, -0.15) is 0 Å². The summed E-state index contributed by atoms with van der Waals surface area (Å²) in [4.78, 5) is 13.3. The molecule has 8 heteroatoms. The highest BCUT2D eigenvalue weighted by Gasteiger charge is 2.24. The zero-order chi connectivity index (χ0) is 18.3. The van der Waals surface area contributed by atoms with Crippen LogP contribution in [0.3, 0.4) is 0 Å². The number of methoxy groups -OCH3 is 2. The monoisotopic (exact) mass is 370 g/mol. The fraction of sp³-hybridized carbons (Fsp3) is 0.167. The van der Waals surface area contributed by atoms with Crippen LogP contribution >= 0.6 is 11.6 Å². The summed E-state index contributed by atoms with van der Waals surface area (Å²) < 4.78 is 18.7. The number of fused-ring (bicyclic) bond motifs is 1. The molecule has 0 aliphatic rings. The highest BCUT2D eigenvalue weighted by molar-refractivity contribution is 6.29. The first-order chi connectivity index (χ1) is 12.6. The Morgan fingerprint density at radius 2 is 1.77 bits per heavy atom. The van der Waals surface area contributed by atoms with Gasteiger partial charge in [0.25, 0.3) is 0 Å². The number of hydrogen-bond donors (Lipinski definition) is 0. The molecule has 0 fully saturated rings. The Morgan fingerprint density at radius 1 is 1.04 bits per heavy atom. The molecule has 0 spiro atoms. The predicted molar refractivity (Wildman–Crippen MR) is 97.2 cm³/mol. The first-order valence-corrected chi connectivity index (χ1v) is 8.19. The molecule has 0 radical (unpaired) electrons. The molecule has 0 N–H and O–H groups in total. The van der Waals surface area contributed by atoms with Crippen molar-refractivity contribution in [3.8, 4) is 28.8 Å². The summed E-state index contributed by atoms with van der Waals surface area (Å²) >= 11 is 6.08. The molecule has 4 rings (SSSR count). The number of rotatable bonds is 4. The molecule has 3 heterocycles. The average molecular weight is 371 g/mol. The molecule has 132 valence electrons. The van der Waals surface area contributed by atoms with Crippen LogP contribution in [0, 0.1) is 6.92 Å². The van der Waals surface area contributed by atoms with Crippen molar-refractivity contribution in [1.82, 2.24) is 19.5 Å². The number of ether oxygens (including phenoxy) is 2. The lowest BCUT2D eigenvalue weighted by atomic mass is 10.2. The summed E-state index contributed by atoms with van der Waals surface area (Å²) in [6.07, 6.45) is 1.46. The Morgan fingerprint density at radius 3 is 2.38 bits per heavy atom.